The molecule has 0 saturated carbocycles. The van der Waals surface area contributed by atoms with Gasteiger partial charge in [0.2, 0.25) is 0 Å². The summed E-state index contributed by atoms with van der Waals surface area (Å²) in [6.07, 6.45) is 3.64. The highest BCUT2D eigenvalue weighted by atomic mass is 32.1. The molecule has 1 atom stereocenters. The molecule has 0 unspecified atom stereocenters. The Morgan fingerprint density at radius 3 is 3.00 bits per heavy atom. The van der Waals surface area contributed by atoms with Crippen LogP contribution in [0.15, 0.2) is 18.5 Å². The van der Waals surface area contributed by atoms with Gasteiger partial charge in [-0.1, -0.05) is 19.1 Å². The molecule has 1 rings (SSSR count). The number of nitrogens with two attached hydrogens (primary N) is 1. The molecule has 0 amide bonds. The van der Waals surface area contributed by atoms with Gasteiger partial charge in [0.1, 0.15) is 0 Å². The molecule has 11 heavy (non-hydrogen) atoms. The molecular weight excluding hydrogens is 158 g/mol. The minimum Gasteiger partial charge on any atom is -0.393 e. The van der Waals surface area contributed by atoms with E-state index in [1.807, 2.05) is 23.9 Å². The van der Waals surface area contributed by atoms with Crippen LogP contribution < -0.4 is 5.73 Å². The summed E-state index contributed by atoms with van der Waals surface area (Å²) in [7, 11) is 0. The van der Waals surface area contributed by atoms with Crippen LogP contribution in [-0.2, 0) is 6.54 Å². The Labute approximate surface area is 71.2 Å². The second kappa shape index (κ2) is 3.48. The number of thiocarbonyl (C=S) groups is 1. The van der Waals surface area contributed by atoms with Crippen molar-refractivity contribution in [2.75, 3.05) is 0 Å². The number of rotatable bonds is 3. The van der Waals surface area contributed by atoms with E-state index in [0.29, 0.717) is 4.99 Å². The van der Waals surface area contributed by atoms with Crippen LogP contribution in [0.3, 0.4) is 0 Å². The maximum absolute atomic E-state index is 5.44. The lowest BCUT2D eigenvalue weighted by atomic mass is 10.2. The van der Waals surface area contributed by atoms with Crippen molar-refractivity contribution < 1.29 is 0 Å². The smallest absolute Gasteiger partial charge is 0.0774 e. The normalized spacial score (nSPS) is 12.8. The summed E-state index contributed by atoms with van der Waals surface area (Å²) in [5.74, 6) is 0.213. The van der Waals surface area contributed by atoms with Gasteiger partial charge >= 0.3 is 0 Å². The third-order valence-corrected chi connectivity index (χ3v) is 1.91. The first-order chi connectivity index (χ1) is 5.20. The molecule has 1 aromatic heterocycles. The molecule has 60 valence electrons. The molecule has 0 spiro atoms. The molecule has 0 fully saturated rings. The fraction of sp³-hybridized carbons (Fsp3) is 0.429. The molecule has 3 nitrogen and oxygen atoms in total. The van der Waals surface area contributed by atoms with Gasteiger partial charge in [-0.15, -0.1) is 0 Å². The summed E-state index contributed by atoms with van der Waals surface area (Å²) in [5.41, 5.74) is 5.44. The van der Waals surface area contributed by atoms with Crippen LogP contribution in [0.1, 0.15) is 6.92 Å². The highest BCUT2D eigenvalue weighted by Gasteiger charge is 2.04. The highest BCUT2D eigenvalue weighted by molar-refractivity contribution is 7.80. The average Bonchev–Trinajstić information content (AvgIpc) is 2.39. The molecular formula is C7H11N3S. The van der Waals surface area contributed by atoms with Gasteiger partial charge in [0, 0.05) is 24.9 Å². The number of hydrogen-bond acceptors (Lipinski definition) is 2. The Bertz CT molecular complexity index is 230. The van der Waals surface area contributed by atoms with E-state index in [9.17, 15) is 0 Å². The van der Waals surface area contributed by atoms with Crippen molar-refractivity contribution in [3.63, 3.8) is 0 Å². The van der Waals surface area contributed by atoms with Crippen LogP contribution in [0.25, 0.3) is 0 Å². The van der Waals surface area contributed by atoms with E-state index in [-0.39, 0.29) is 5.92 Å². The van der Waals surface area contributed by atoms with E-state index in [0.717, 1.165) is 6.54 Å². The predicted octanol–water partition coefficient (Wildman–Crippen LogP) is 0.805. The maximum atomic E-state index is 5.44. The summed E-state index contributed by atoms with van der Waals surface area (Å²) in [5, 5.41) is 4.04. The molecule has 0 aromatic carbocycles. The first-order valence-corrected chi connectivity index (χ1v) is 3.87. The van der Waals surface area contributed by atoms with Gasteiger partial charge in [-0.2, -0.15) is 5.10 Å². The lowest BCUT2D eigenvalue weighted by Crippen LogP contribution is -2.22. The first kappa shape index (κ1) is 8.20. The largest absolute Gasteiger partial charge is 0.393 e. The molecule has 0 radical (unpaired) electrons. The van der Waals surface area contributed by atoms with Crippen LogP contribution in [0.4, 0.5) is 0 Å². The Balaban J connectivity index is 2.50. The van der Waals surface area contributed by atoms with E-state index in [1.54, 1.807) is 6.20 Å². The zero-order valence-corrected chi connectivity index (χ0v) is 7.21. The molecule has 2 N–H and O–H groups in total. The lowest BCUT2D eigenvalue weighted by molar-refractivity contribution is 0.543. The Kier molecular flexibility index (Phi) is 2.59. The molecule has 0 aliphatic carbocycles. The lowest BCUT2D eigenvalue weighted by Gasteiger charge is -2.08. The van der Waals surface area contributed by atoms with E-state index in [1.165, 1.54) is 0 Å². The SMILES string of the molecule is C[C@@H](Cn1cccn1)C(N)=S. The van der Waals surface area contributed by atoms with Gasteiger partial charge in [-0.3, -0.25) is 4.68 Å². The predicted molar refractivity (Wildman–Crippen MR) is 48.2 cm³/mol. The summed E-state index contributed by atoms with van der Waals surface area (Å²) in [4.78, 5) is 0.542. The zero-order valence-electron chi connectivity index (χ0n) is 6.40. The van der Waals surface area contributed by atoms with Crippen molar-refractivity contribution in [2.24, 2.45) is 11.7 Å². The minimum atomic E-state index is 0.213. The molecule has 1 aromatic rings. The standard InChI is InChI=1S/C7H11N3S/c1-6(7(8)11)5-10-4-2-3-9-10/h2-4,6H,5H2,1H3,(H2,8,11)/t6-/m0/s1. The van der Waals surface area contributed by atoms with Crippen LogP contribution in [-0.4, -0.2) is 14.8 Å². The Morgan fingerprint density at radius 1 is 1.82 bits per heavy atom. The fourth-order valence-corrected chi connectivity index (χ4v) is 0.854. The van der Waals surface area contributed by atoms with Gasteiger partial charge in [-0.25, -0.2) is 0 Å². The third kappa shape index (κ3) is 2.31. The van der Waals surface area contributed by atoms with Gasteiger partial charge in [0.25, 0.3) is 0 Å². The second-order valence-electron chi connectivity index (χ2n) is 2.53. The summed E-state index contributed by atoms with van der Waals surface area (Å²) in [6, 6.07) is 1.88. The average molecular weight is 169 g/mol. The molecule has 0 bridgehead atoms. The van der Waals surface area contributed by atoms with E-state index in [4.69, 9.17) is 18.0 Å². The first-order valence-electron chi connectivity index (χ1n) is 3.47. The van der Waals surface area contributed by atoms with Crippen molar-refractivity contribution in [3.05, 3.63) is 18.5 Å². The molecule has 0 saturated heterocycles. The maximum Gasteiger partial charge on any atom is 0.0774 e. The van der Waals surface area contributed by atoms with Gasteiger partial charge < -0.3 is 5.73 Å². The number of aromatic nitrogens is 2. The number of hydrogen-bond donors (Lipinski definition) is 1. The van der Waals surface area contributed by atoms with Crippen LogP contribution in [0.5, 0.6) is 0 Å². The fourth-order valence-electron chi connectivity index (χ4n) is 0.779. The van der Waals surface area contributed by atoms with Crippen molar-refractivity contribution in [1.29, 1.82) is 0 Å². The quantitative estimate of drug-likeness (QED) is 0.681. The molecule has 4 heteroatoms. The van der Waals surface area contributed by atoms with Gasteiger partial charge in [0.05, 0.1) is 4.99 Å². The number of nitrogens with zero attached hydrogens (tertiary/aromatic N) is 2. The van der Waals surface area contributed by atoms with Crippen molar-refractivity contribution in [3.8, 4) is 0 Å². The Morgan fingerprint density at radius 2 is 2.55 bits per heavy atom. The topological polar surface area (TPSA) is 43.8 Å². The third-order valence-electron chi connectivity index (χ3n) is 1.51. The van der Waals surface area contributed by atoms with Crippen LogP contribution in [0.2, 0.25) is 0 Å². The second-order valence-corrected chi connectivity index (χ2v) is 3.00. The summed E-state index contributed by atoms with van der Waals surface area (Å²) < 4.78 is 1.82. The molecule has 0 aliphatic heterocycles. The van der Waals surface area contributed by atoms with Crippen molar-refractivity contribution in [1.82, 2.24) is 9.78 Å². The van der Waals surface area contributed by atoms with E-state index in [2.05, 4.69) is 5.10 Å². The summed E-state index contributed by atoms with van der Waals surface area (Å²) >= 11 is 4.83. The van der Waals surface area contributed by atoms with Crippen LogP contribution >= 0.6 is 12.2 Å². The molecule has 1 heterocycles. The highest BCUT2D eigenvalue weighted by Crippen LogP contribution is 1.98. The van der Waals surface area contributed by atoms with E-state index >= 15 is 0 Å². The summed E-state index contributed by atoms with van der Waals surface area (Å²) in [6.45, 7) is 2.76. The van der Waals surface area contributed by atoms with E-state index < -0.39 is 0 Å². The molecule has 0 aliphatic rings. The van der Waals surface area contributed by atoms with Crippen molar-refractivity contribution >= 4 is 17.2 Å². The minimum absolute atomic E-state index is 0.213. The van der Waals surface area contributed by atoms with Gasteiger partial charge in [0.15, 0.2) is 0 Å². The zero-order chi connectivity index (χ0) is 8.27. The van der Waals surface area contributed by atoms with Crippen molar-refractivity contribution in [2.45, 2.75) is 13.5 Å². The monoisotopic (exact) mass is 169 g/mol. The van der Waals surface area contributed by atoms with Gasteiger partial charge in [-0.05, 0) is 6.07 Å². The Hall–Kier alpha value is -0.900. The van der Waals surface area contributed by atoms with Crippen LogP contribution in [0, 0.1) is 5.92 Å².